The van der Waals surface area contributed by atoms with Gasteiger partial charge in [-0.1, -0.05) is 12.8 Å². The zero-order valence-corrected chi connectivity index (χ0v) is 11.0. The van der Waals surface area contributed by atoms with Crippen LogP contribution in [0.4, 0.5) is 0 Å². The molecule has 0 aromatic carbocycles. The highest BCUT2D eigenvalue weighted by Crippen LogP contribution is 2.19. The lowest BCUT2D eigenvalue weighted by atomic mass is 10.1. The summed E-state index contributed by atoms with van der Waals surface area (Å²) < 4.78 is 0. The molecule has 2 aliphatic rings. The Bertz CT molecular complexity index is 241. The fraction of sp³-hybridized carbons (Fsp3) is 0.917. The van der Waals surface area contributed by atoms with Crippen LogP contribution >= 0.6 is 11.8 Å². The largest absolute Gasteiger partial charge is 0.340 e. The molecule has 0 saturated carbocycles. The molecule has 0 spiro atoms. The number of likely N-dealkylation sites (tertiary alicyclic amines) is 1. The Morgan fingerprint density at radius 2 is 1.88 bits per heavy atom. The van der Waals surface area contributed by atoms with Crippen molar-refractivity contribution in [2.45, 2.75) is 31.7 Å². The first-order chi connectivity index (χ1) is 7.79. The molecule has 3 nitrogen and oxygen atoms in total. The zero-order chi connectivity index (χ0) is 11.4. The van der Waals surface area contributed by atoms with Crippen LogP contribution in [0.5, 0.6) is 0 Å². The van der Waals surface area contributed by atoms with E-state index in [1.165, 1.54) is 19.3 Å². The monoisotopic (exact) mass is 242 g/mol. The zero-order valence-electron chi connectivity index (χ0n) is 10.2. The van der Waals surface area contributed by atoms with Gasteiger partial charge in [0.1, 0.15) is 0 Å². The van der Waals surface area contributed by atoms with Crippen molar-refractivity contribution in [1.82, 2.24) is 9.80 Å². The molecular weight excluding hydrogens is 220 g/mol. The summed E-state index contributed by atoms with van der Waals surface area (Å²) in [6.07, 6.45) is 4.79. The van der Waals surface area contributed by atoms with Crippen LogP contribution in [0.15, 0.2) is 0 Å². The second kappa shape index (κ2) is 5.92. The Balaban J connectivity index is 1.95. The van der Waals surface area contributed by atoms with Crippen molar-refractivity contribution in [1.29, 1.82) is 0 Å². The predicted molar refractivity (Wildman–Crippen MR) is 68.8 cm³/mol. The van der Waals surface area contributed by atoms with Gasteiger partial charge in [0.25, 0.3) is 0 Å². The van der Waals surface area contributed by atoms with Crippen LogP contribution < -0.4 is 0 Å². The van der Waals surface area contributed by atoms with Crippen LogP contribution in [0.25, 0.3) is 0 Å². The van der Waals surface area contributed by atoms with E-state index in [9.17, 15) is 4.79 Å². The third-order valence-electron chi connectivity index (χ3n) is 3.63. The molecule has 0 aromatic heterocycles. The Morgan fingerprint density at radius 3 is 2.62 bits per heavy atom. The highest BCUT2D eigenvalue weighted by Gasteiger charge is 2.29. The number of nitrogens with zero attached hydrogens (tertiary/aromatic N) is 2. The molecule has 4 heteroatoms. The number of rotatable bonds is 1. The highest BCUT2D eigenvalue weighted by molar-refractivity contribution is 7.99. The third-order valence-corrected chi connectivity index (χ3v) is 4.57. The van der Waals surface area contributed by atoms with E-state index >= 15 is 0 Å². The molecule has 92 valence electrons. The second-order valence-corrected chi connectivity index (χ2v) is 6.01. The molecule has 2 rings (SSSR count). The smallest absolute Gasteiger partial charge is 0.239 e. The van der Waals surface area contributed by atoms with E-state index < -0.39 is 0 Å². The van der Waals surface area contributed by atoms with Gasteiger partial charge < -0.3 is 4.90 Å². The predicted octanol–water partition coefficient (Wildman–Crippen LogP) is 1.44. The van der Waals surface area contributed by atoms with Gasteiger partial charge in [0, 0.05) is 24.6 Å². The minimum atomic E-state index is 0.158. The number of carbonyl (C=O) groups is 1. The van der Waals surface area contributed by atoms with Gasteiger partial charge in [-0.15, -0.1) is 0 Å². The molecule has 0 radical (unpaired) electrons. The first kappa shape index (κ1) is 12.2. The molecule has 2 saturated heterocycles. The quantitative estimate of drug-likeness (QED) is 0.695. The van der Waals surface area contributed by atoms with Crippen LogP contribution in [0.1, 0.15) is 25.7 Å². The molecule has 2 aliphatic heterocycles. The normalized spacial score (nSPS) is 28.8. The molecular formula is C12H22N2OS. The number of carbonyl (C=O) groups excluding carboxylic acids is 1. The molecule has 2 heterocycles. The topological polar surface area (TPSA) is 23.6 Å². The fourth-order valence-corrected chi connectivity index (χ4v) is 3.46. The Labute approximate surface area is 103 Å². The van der Waals surface area contributed by atoms with Crippen molar-refractivity contribution < 1.29 is 4.79 Å². The third kappa shape index (κ3) is 2.92. The molecule has 16 heavy (non-hydrogen) atoms. The summed E-state index contributed by atoms with van der Waals surface area (Å²) in [7, 11) is 2.10. The Kier molecular flexibility index (Phi) is 4.53. The van der Waals surface area contributed by atoms with Crippen LogP contribution in [-0.2, 0) is 4.79 Å². The number of hydrogen-bond donors (Lipinski definition) is 0. The van der Waals surface area contributed by atoms with Crippen molar-refractivity contribution in [2.75, 3.05) is 38.2 Å². The van der Waals surface area contributed by atoms with Gasteiger partial charge in [-0.3, -0.25) is 9.69 Å². The highest BCUT2D eigenvalue weighted by atomic mass is 32.2. The number of thioether (sulfide) groups is 1. The average Bonchev–Trinajstić information content (AvgIpc) is 2.54. The maximum Gasteiger partial charge on any atom is 0.239 e. The SMILES string of the molecule is CN1CCCCCC1C(=O)N1CCSCC1. The Hall–Kier alpha value is -0.220. The molecule has 0 aromatic rings. The molecule has 1 unspecified atom stereocenters. The standard InChI is InChI=1S/C12H22N2OS/c1-13-6-4-2-3-5-11(13)12(15)14-7-9-16-10-8-14/h11H,2-10H2,1H3. The van der Waals surface area contributed by atoms with E-state index in [4.69, 9.17) is 0 Å². The van der Waals surface area contributed by atoms with Crippen LogP contribution in [0, 0.1) is 0 Å². The van der Waals surface area contributed by atoms with Crippen LogP contribution in [0.3, 0.4) is 0 Å². The number of amides is 1. The molecule has 0 bridgehead atoms. The second-order valence-electron chi connectivity index (χ2n) is 4.78. The lowest BCUT2D eigenvalue weighted by molar-refractivity contribution is -0.136. The van der Waals surface area contributed by atoms with Crippen molar-refractivity contribution in [3.63, 3.8) is 0 Å². The molecule has 2 fully saturated rings. The minimum Gasteiger partial charge on any atom is -0.340 e. The molecule has 1 amide bonds. The van der Waals surface area contributed by atoms with Gasteiger partial charge in [-0.2, -0.15) is 11.8 Å². The minimum absolute atomic E-state index is 0.158. The number of likely N-dealkylation sites (N-methyl/N-ethyl adjacent to an activating group) is 1. The molecule has 1 atom stereocenters. The van der Waals surface area contributed by atoms with E-state index in [2.05, 4.69) is 16.8 Å². The number of hydrogen-bond acceptors (Lipinski definition) is 3. The summed E-state index contributed by atoms with van der Waals surface area (Å²) in [6, 6.07) is 0.158. The van der Waals surface area contributed by atoms with Crippen molar-refractivity contribution in [2.24, 2.45) is 0 Å². The van der Waals surface area contributed by atoms with E-state index in [-0.39, 0.29) is 6.04 Å². The van der Waals surface area contributed by atoms with Gasteiger partial charge in [-0.25, -0.2) is 0 Å². The molecule has 0 aliphatic carbocycles. The molecule has 0 N–H and O–H groups in total. The van der Waals surface area contributed by atoms with E-state index in [1.54, 1.807) is 0 Å². The van der Waals surface area contributed by atoms with E-state index in [0.717, 1.165) is 37.6 Å². The summed E-state index contributed by atoms with van der Waals surface area (Å²) in [6.45, 7) is 2.99. The van der Waals surface area contributed by atoms with Gasteiger partial charge in [0.05, 0.1) is 6.04 Å². The van der Waals surface area contributed by atoms with Gasteiger partial charge in [0.15, 0.2) is 0 Å². The first-order valence-corrected chi connectivity index (χ1v) is 7.51. The maximum atomic E-state index is 12.4. The van der Waals surface area contributed by atoms with E-state index in [1.807, 2.05) is 11.8 Å². The van der Waals surface area contributed by atoms with E-state index in [0.29, 0.717) is 5.91 Å². The maximum absolute atomic E-state index is 12.4. The van der Waals surface area contributed by atoms with Gasteiger partial charge in [0.2, 0.25) is 5.91 Å². The van der Waals surface area contributed by atoms with Gasteiger partial charge >= 0.3 is 0 Å². The summed E-state index contributed by atoms with van der Waals surface area (Å²) in [4.78, 5) is 16.7. The summed E-state index contributed by atoms with van der Waals surface area (Å²) >= 11 is 1.96. The average molecular weight is 242 g/mol. The summed E-state index contributed by atoms with van der Waals surface area (Å²) in [5.41, 5.74) is 0. The first-order valence-electron chi connectivity index (χ1n) is 6.36. The van der Waals surface area contributed by atoms with Crippen LogP contribution in [0.2, 0.25) is 0 Å². The fourth-order valence-electron chi connectivity index (χ4n) is 2.56. The van der Waals surface area contributed by atoms with Crippen molar-refractivity contribution >= 4 is 17.7 Å². The lowest BCUT2D eigenvalue weighted by Gasteiger charge is -2.33. The van der Waals surface area contributed by atoms with Crippen LogP contribution in [-0.4, -0.2) is 59.9 Å². The lowest BCUT2D eigenvalue weighted by Crippen LogP contribution is -2.49. The summed E-state index contributed by atoms with van der Waals surface area (Å²) in [5, 5.41) is 0. The van der Waals surface area contributed by atoms with Crippen molar-refractivity contribution in [3.05, 3.63) is 0 Å². The van der Waals surface area contributed by atoms with Crippen molar-refractivity contribution in [3.8, 4) is 0 Å². The Morgan fingerprint density at radius 1 is 1.12 bits per heavy atom. The summed E-state index contributed by atoms with van der Waals surface area (Å²) in [5.74, 6) is 2.61. The van der Waals surface area contributed by atoms with Gasteiger partial charge in [-0.05, 0) is 26.4 Å².